The van der Waals surface area contributed by atoms with Crippen LogP contribution < -0.4 is 5.11 Å². The molecule has 15 heavy (non-hydrogen) atoms. The Morgan fingerprint density at radius 2 is 2.27 bits per heavy atom. The number of thioether (sulfide) groups is 1. The third-order valence-electron chi connectivity index (χ3n) is 1.81. The topological polar surface area (TPSA) is 53.0 Å². The molecule has 0 saturated heterocycles. The first-order valence-electron chi connectivity index (χ1n) is 4.44. The maximum Gasteiger partial charge on any atom is 0.151 e. The van der Waals surface area contributed by atoms with E-state index in [2.05, 4.69) is 4.98 Å². The van der Waals surface area contributed by atoms with E-state index in [9.17, 15) is 9.90 Å². The minimum Gasteiger partial charge on any atom is -0.550 e. The Bertz CT molecular complexity index is 448. The molecule has 78 valence electrons. The fraction of sp³-hybridized carbons (Fsp3) is 0.200. The van der Waals surface area contributed by atoms with Crippen LogP contribution in [0.2, 0.25) is 0 Å². The van der Waals surface area contributed by atoms with Gasteiger partial charge in [-0.25, -0.2) is 4.98 Å². The molecular formula is C10H8NO2S2-. The highest BCUT2D eigenvalue weighted by Crippen LogP contribution is 2.29. The first-order chi connectivity index (χ1) is 7.25. The van der Waals surface area contributed by atoms with E-state index in [1.807, 2.05) is 24.3 Å². The normalized spacial score (nSPS) is 10.7. The Morgan fingerprint density at radius 3 is 3.00 bits per heavy atom. The zero-order valence-corrected chi connectivity index (χ0v) is 9.44. The molecule has 0 aliphatic rings. The number of carbonyl (C=O) groups is 1. The second-order valence-electron chi connectivity index (χ2n) is 2.92. The number of hydrogen-bond acceptors (Lipinski definition) is 5. The van der Waals surface area contributed by atoms with E-state index in [0.29, 0.717) is 5.75 Å². The van der Waals surface area contributed by atoms with E-state index in [1.165, 1.54) is 11.8 Å². The number of aromatic nitrogens is 1. The second-order valence-corrected chi connectivity index (χ2v) is 5.29. The molecule has 1 aromatic carbocycles. The second kappa shape index (κ2) is 4.63. The molecule has 0 unspecified atom stereocenters. The van der Waals surface area contributed by atoms with E-state index in [4.69, 9.17) is 0 Å². The van der Waals surface area contributed by atoms with Crippen molar-refractivity contribution in [3.63, 3.8) is 0 Å². The number of para-hydroxylation sites is 1. The lowest BCUT2D eigenvalue weighted by atomic mass is 10.3. The lowest BCUT2D eigenvalue weighted by molar-refractivity contribution is -0.305. The summed E-state index contributed by atoms with van der Waals surface area (Å²) in [6.45, 7) is 0. The molecule has 5 heteroatoms. The van der Waals surface area contributed by atoms with Gasteiger partial charge < -0.3 is 9.90 Å². The number of carboxylic acids is 1. The van der Waals surface area contributed by atoms with Crippen molar-refractivity contribution in [3.8, 4) is 0 Å². The number of thiazole rings is 1. The molecular weight excluding hydrogens is 230 g/mol. The molecule has 0 spiro atoms. The van der Waals surface area contributed by atoms with E-state index in [0.717, 1.165) is 14.6 Å². The summed E-state index contributed by atoms with van der Waals surface area (Å²) in [7, 11) is 0. The van der Waals surface area contributed by atoms with Crippen molar-refractivity contribution in [3.05, 3.63) is 24.3 Å². The van der Waals surface area contributed by atoms with Crippen molar-refractivity contribution in [2.45, 2.75) is 10.8 Å². The van der Waals surface area contributed by atoms with Gasteiger partial charge >= 0.3 is 0 Å². The van der Waals surface area contributed by atoms with Gasteiger partial charge in [-0.3, -0.25) is 0 Å². The Balaban J connectivity index is 2.05. The highest BCUT2D eigenvalue weighted by molar-refractivity contribution is 8.01. The van der Waals surface area contributed by atoms with Crippen LogP contribution in [0, 0.1) is 0 Å². The number of nitrogens with zero attached hydrogens (tertiary/aromatic N) is 1. The summed E-state index contributed by atoms with van der Waals surface area (Å²) in [5.41, 5.74) is 0.971. The minimum atomic E-state index is -1.01. The molecule has 0 N–H and O–H groups in total. The summed E-state index contributed by atoms with van der Waals surface area (Å²) in [5.74, 6) is -0.495. The minimum absolute atomic E-state index is 0.0700. The predicted octanol–water partition coefficient (Wildman–Crippen LogP) is 1.53. The maximum absolute atomic E-state index is 10.2. The van der Waals surface area contributed by atoms with Gasteiger partial charge in [0.15, 0.2) is 4.34 Å². The van der Waals surface area contributed by atoms with Crippen LogP contribution in [0.25, 0.3) is 10.2 Å². The molecule has 0 radical (unpaired) electrons. The van der Waals surface area contributed by atoms with Crippen LogP contribution in [0.1, 0.15) is 6.42 Å². The fourth-order valence-corrected chi connectivity index (χ4v) is 3.19. The van der Waals surface area contributed by atoms with Gasteiger partial charge in [-0.1, -0.05) is 23.9 Å². The van der Waals surface area contributed by atoms with E-state index in [1.54, 1.807) is 11.3 Å². The van der Waals surface area contributed by atoms with Crippen molar-refractivity contribution in [1.29, 1.82) is 0 Å². The zero-order valence-electron chi connectivity index (χ0n) is 7.80. The Kier molecular flexibility index (Phi) is 3.23. The van der Waals surface area contributed by atoms with Crippen LogP contribution in [0.4, 0.5) is 0 Å². The SMILES string of the molecule is O=C([O-])CCSc1nc2ccccc2s1. The Hall–Kier alpha value is -1.07. The number of rotatable bonds is 4. The van der Waals surface area contributed by atoms with Crippen LogP contribution >= 0.6 is 23.1 Å². The van der Waals surface area contributed by atoms with Crippen LogP contribution in [-0.4, -0.2) is 16.7 Å². The van der Waals surface area contributed by atoms with Gasteiger partial charge in [-0.2, -0.15) is 0 Å². The van der Waals surface area contributed by atoms with Crippen LogP contribution in [-0.2, 0) is 4.79 Å². The van der Waals surface area contributed by atoms with E-state index >= 15 is 0 Å². The summed E-state index contributed by atoms with van der Waals surface area (Å²) in [5, 5.41) is 10.2. The van der Waals surface area contributed by atoms with Gasteiger partial charge in [-0.15, -0.1) is 11.3 Å². The smallest absolute Gasteiger partial charge is 0.151 e. The lowest BCUT2D eigenvalue weighted by Crippen LogP contribution is -2.22. The number of carboxylic acid groups (broad SMARTS) is 1. The number of carbonyl (C=O) groups excluding carboxylic acids is 1. The van der Waals surface area contributed by atoms with Crippen molar-refractivity contribution in [2.75, 3.05) is 5.75 Å². The highest BCUT2D eigenvalue weighted by Gasteiger charge is 2.02. The van der Waals surface area contributed by atoms with Crippen molar-refractivity contribution in [2.24, 2.45) is 0 Å². The third-order valence-corrected chi connectivity index (χ3v) is 3.99. The van der Waals surface area contributed by atoms with Gasteiger partial charge in [0.05, 0.1) is 10.2 Å². The molecule has 0 aliphatic heterocycles. The summed E-state index contributed by atoms with van der Waals surface area (Å²) < 4.78 is 2.05. The molecule has 1 heterocycles. The van der Waals surface area contributed by atoms with Gasteiger partial charge in [0, 0.05) is 11.7 Å². The summed E-state index contributed by atoms with van der Waals surface area (Å²) >= 11 is 3.05. The molecule has 2 rings (SSSR count). The van der Waals surface area contributed by atoms with Gasteiger partial charge in [-0.05, 0) is 18.6 Å². The fourth-order valence-electron chi connectivity index (χ4n) is 1.13. The van der Waals surface area contributed by atoms with Crippen molar-refractivity contribution >= 4 is 39.3 Å². The standard InChI is InChI=1S/C10H9NO2S2/c12-9(13)5-6-14-10-11-7-3-1-2-4-8(7)15-10/h1-4H,5-6H2,(H,12,13)/p-1. The quantitative estimate of drug-likeness (QED) is 0.758. The van der Waals surface area contributed by atoms with Crippen LogP contribution in [0.3, 0.4) is 0 Å². The van der Waals surface area contributed by atoms with E-state index < -0.39 is 5.97 Å². The average Bonchev–Trinajstić information content (AvgIpc) is 2.59. The molecule has 3 nitrogen and oxygen atoms in total. The number of benzene rings is 1. The molecule has 0 bridgehead atoms. The predicted molar refractivity (Wildman–Crippen MR) is 60.0 cm³/mol. The molecule has 0 fully saturated rings. The van der Waals surface area contributed by atoms with E-state index in [-0.39, 0.29) is 6.42 Å². The Morgan fingerprint density at radius 1 is 1.47 bits per heavy atom. The third kappa shape index (κ3) is 2.70. The molecule has 0 amide bonds. The summed E-state index contributed by atoms with van der Waals surface area (Å²) in [4.78, 5) is 14.6. The van der Waals surface area contributed by atoms with Crippen molar-refractivity contribution in [1.82, 2.24) is 4.98 Å². The highest BCUT2D eigenvalue weighted by atomic mass is 32.2. The van der Waals surface area contributed by atoms with Crippen LogP contribution in [0.15, 0.2) is 28.6 Å². The van der Waals surface area contributed by atoms with Crippen molar-refractivity contribution < 1.29 is 9.90 Å². The number of aliphatic carboxylic acids is 1. The van der Waals surface area contributed by atoms with Gasteiger partial charge in [0.2, 0.25) is 0 Å². The number of hydrogen-bond donors (Lipinski definition) is 0. The number of fused-ring (bicyclic) bond motifs is 1. The summed E-state index contributed by atoms with van der Waals surface area (Å²) in [6, 6.07) is 7.87. The summed E-state index contributed by atoms with van der Waals surface area (Å²) in [6.07, 6.45) is 0.0700. The average molecular weight is 238 g/mol. The van der Waals surface area contributed by atoms with Gasteiger partial charge in [0.25, 0.3) is 0 Å². The first kappa shape index (κ1) is 10.4. The molecule has 0 saturated carbocycles. The molecule has 1 aromatic heterocycles. The lowest BCUT2D eigenvalue weighted by Gasteiger charge is -1.98. The maximum atomic E-state index is 10.2. The Labute approximate surface area is 95.1 Å². The first-order valence-corrected chi connectivity index (χ1v) is 6.24. The molecule has 0 atom stereocenters. The largest absolute Gasteiger partial charge is 0.550 e. The monoisotopic (exact) mass is 238 g/mol. The molecule has 2 aromatic rings. The van der Waals surface area contributed by atoms with Gasteiger partial charge in [0.1, 0.15) is 0 Å². The molecule has 0 aliphatic carbocycles. The van der Waals surface area contributed by atoms with Crippen LogP contribution in [0.5, 0.6) is 0 Å². The zero-order chi connectivity index (χ0) is 10.7.